The van der Waals surface area contributed by atoms with E-state index in [9.17, 15) is 0 Å². The summed E-state index contributed by atoms with van der Waals surface area (Å²) < 4.78 is 0. The van der Waals surface area contributed by atoms with Crippen LogP contribution in [0.15, 0.2) is 194 Å². The predicted molar refractivity (Wildman–Crippen MR) is 200 cm³/mol. The van der Waals surface area contributed by atoms with Crippen LogP contribution in [-0.2, 0) is 0 Å². The Hall–Kier alpha value is -6.52. The van der Waals surface area contributed by atoms with E-state index in [0.717, 1.165) is 67.7 Å². The van der Waals surface area contributed by atoms with E-state index < -0.39 is 0 Å². The van der Waals surface area contributed by atoms with Crippen molar-refractivity contribution in [3.05, 3.63) is 194 Å². The smallest absolute Gasteiger partial charge is 0.0973 e. The Kier molecular flexibility index (Phi) is 7.87. The number of hydrogen-bond acceptors (Lipinski definition) is 4. The van der Waals surface area contributed by atoms with Gasteiger partial charge in [-0.1, -0.05) is 109 Å². The van der Waals surface area contributed by atoms with Crippen molar-refractivity contribution in [3.8, 4) is 22.5 Å². The van der Waals surface area contributed by atoms with Crippen molar-refractivity contribution in [1.29, 1.82) is 0 Å². The molecule has 4 heteroatoms. The molecule has 0 unspecified atom stereocenters. The van der Waals surface area contributed by atoms with Crippen molar-refractivity contribution >= 4 is 45.2 Å². The molecule has 0 atom stereocenters. The third kappa shape index (κ3) is 5.79. The Balaban J connectivity index is 1.19. The molecule has 4 nitrogen and oxygen atoms in total. The van der Waals surface area contributed by atoms with Gasteiger partial charge in [0.2, 0.25) is 0 Å². The molecular formula is C44H32N4. The van der Waals surface area contributed by atoms with Crippen LogP contribution < -0.4 is 9.80 Å². The monoisotopic (exact) mass is 616 g/mol. The Morgan fingerprint density at radius 3 is 0.896 bits per heavy atom. The molecule has 0 radical (unpaired) electrons. The molecule has 0 spiro atoms. The number of benzene rings is 7. The number of rotatable bonds is 8. The van der Waals surface area contributed by atoms with E-state index in [1.165, 1.54) is 0 Å². The molecule has 48 heavy (non-hydrogen) atoms. The highest BCUT2D eigenvalue weighted by Crippen LogP contribution is 2.40. The van der Waals surface area contributed by atoms with Gasteiger partial charge in [-0.3, -0.25) is 0 Å². The second kappa shape index (κ2) is 13.1. The van der Waals surface area contributed by atoms with Crippen LogP contribution >= 0.6 is 0 Å². The first-order valence-corrected chi connectivity index (χ1v) is 16.1. The van der Waals surface area contributed by atoms with Crippen LogP contribution in [0.2, 0.25) is 0 Å². The summed E-state index contributed by atoms with van der Waals surface area (Å²) in [6.07, 6.45) is 0. The topological polar surface area (TPSA) is 32.3 Å². The second-order valence-corrected chi connectivity index (χ2v) is 11.5. The predicted octanol–water partition coefficient (Wildman–Crippen LogP) is 11.9. The molecular weight excluding hydrogens is 585 g/mol. The molecule has 0 saturated heterocycles. The fourth-order valence-electron chi connectivity index (χ4n) is 6.14. The summed E-state index contributed by atoms with van der Waals surface area (Å²) in [4.78, 5) is 14.7. The van der Waals surface area contributed by atoms with Crippen molar-refractivity contribution in [1.82, 2.24) is 9.97 Å². The first-order chi connectivity index (χ1) is 23.8. The van der Waals surface area contributed by atoms with Gasteiger partial charge in [0.05, 0.1) is 22.4 Å². The summed E-state index contributed by atoms with van der Waals surface area (Å²) >= 11 is 0. The van der Waals surface area contributed by atoms with E-state index in [-0.39, 0.29) is 0 Å². The Labute approximate surface area is 280 Å². The van der Waals surface area contributed by atoms with Crippen molar-refractivity contribution < 1.29 is 0 Å². The van der Waals surface area contributed by atoms with Crippen molar-refractivity contribution in [2.75, 3.05) is 9.80 Å². The van der Waals surface area contributed by atoms with Crippen LogP contribution in [0.3, 0.4) is 0 Å². The summed E-state index contributed by atoms with van der Waals surface area (Å²) in [7, 11) is 0. The third-order valence-corrected chi connectivity index (χ3v) is 8.43. The first-order valence-electron chi connectivity index (χ1n) is 16.1. The van der Waals surface area contributed by atoms with Crippen LogP contribution in [0.1, 0.15) is 0 Å². The van der Waals surface area contributed by atoms with E-state index in [1.54, 1.807) is 0 Å². The highest BCUT2D eigenvalue weighted by Gasteiger charge is 2.17. The summed E-state index contributed by atoms with van der Waals surface area (Å²) in [5, 5.41) is 0. The maximum atomic E-state index is 5.11. The van der Waals surface area contributed by atoms with E-state index in [4.69, 9.17) is 9.97 Å². The molecule has 1 aromatic heterocycles. The minimum Gasteiger partial charge on any atom is -0.311 e. The van der Waals surface area contributed by atoms with Crippen molar-refractivity contribution in [2.24, 2.45) is 0 Å². The standard InChI is InChI=1S/C44H32N4/c1-5-15-33(16-6-1)43-44(46-42-24-14-13-23-41(42)45-43)34-25-27-38(28-26-34)48(37-21-11-4-12-22-37)40-31-29-39(30-32-40)47(35-17-7-2-8-18-35)36-19-9-3-10-20-36/h1-32H. The molecule has 0 aliphatic rings. The van der Waals surface area contributed by atoms with Gasteiger partial charge in [-0.2, -0.15) is 0 Å². The molecule has 0 aliphatic carbocycles. The van der Waals surface area contributed by atoms with Crippen LogP contribution in [0, 0.1) is 0 Å². The fraction of sp³-hybridized carbons (Fsp3) is 0. The zero-order valence-corrected chi connectivity index (χ0v) is 26.3. The number of nitrogens with zero attached hydrogens (tertiary/aromatic N) is 4. The number of aromatic nitrogens is 2. The number of para-hydroxylation sites is 5. The van der Waals surface area contributed by atoms with Crippen molar-refractivity contribution in [2.45, 2.75) is 0 Å². The molecule has 1 heterocycles. The van der Waals surface area contributed by atoms with Crippen LogP contribution in [-0.4, -0.2) is 9.97 Å². The van der Waals surface area contributed by atoms with E-state index in [2.05, 4.69) is 149 Å². The second-order valence-electron chi connectivity index (χ2n) is 11.5. The average Bonchev–Trinajstić information content (AvgIpc) is 3.17. The quantitative estimate of drug-likeness (QED) is 0.170. The molecule has 8 aromatic rings. The highest BCUT2D eigenvalue weighted by molar-refractivity contribution is 5.87. The van der Waals surface area contributed by atoms with Crippen LogP contribution in [0.5, 0.6) is 0 Å². The summed E-state index contributed by atoms with van der Waals surface area (Å²) in [6, 6.07) is 67.2. The maximum Gasteiger partial charge on any atom is 0.0973 e. The van der Waals surface area contributed by atoms with Gasteiger partial charge < -0.3 is 9.80 Å². The summed E-state index contributed by atoms with van der Waals surface area (Å²) in [5.41, 5.74) is 12.1. The summed E-state index contributed by atoms with van der Waals surface area (Å²) in [5.74, 6) is 0. The molecule has 7 aromatic carbocycles. The van der Waals surface area contributed by atoms with Crippen LogP contribution in [0.25, 0.3) is 33.5 Å². The number of fused-ring (bicyclic) bond motifs is 1. The van der Waals surface area contributed by atoms with E-state index in [0.29, 0.717) is 0 Å². The Morgan fingerprint density at radius 1 is 0.250 bits per heavy atom. The molecule has 0 saturated carbocycles. The number of hydrogen-bond donors (Lipinski definition) is 0. The van der Waals surface area contributed by atoms with E-state index >= 15 is 0 Å². The molecule has 0 amide bonds. The normalized spacial score (nSPS) is 10.9. The molecule has 0 fully saturated rings. The SMILES string of the molecule is c1ccc(-c2nc3ccccc3nc2-c2ccc(N(c3ccccc3)c3ccc(N(c4ccccc4)c4ccccc4)cc3)cc2)cc1. The molecule has 0 aliphatic heterocycles. The molecule has 0 bridgehead atoms. The molecule has 8 rings (SSSR count). The van der Waals surface area contributed by atoms with Gasteiger partial charge in [-0.25, -0.2) is 9.97 Å². The lowest BCUT2D eigenvalue weighted by Crippen LogP contribution is -2.12. The largest absolute Gasteiger partial charge is 0.311 e. The zero-order chi connectivity index (χ0) is 32.1. The van der Waals surface area contributed by atoms with Gasteiger partial charge >= 0.3 is 0 Å². The maximum absolute atomic E-state index is 5.11. The average molecular weight is 617 g/mol. The van der Waals surface area contributed by atoms with Gasteiger partial charge in [-0.15, -0.1) is 0 Å². The van der Waals surface area contributed by atoms with Gasteiger partial charge in [-0.05, 0) is 84.9 Å². The molecule has 228 valence electrons. The van der Waals surface area contributed by atoms with Gasteiger partial charge in [0.25, 0.3) is 0 Å². The van der Waals surface area contributed by atoms with E-state index in [1.807, 2.05) is 54.6 Å². The highest BCUT2D eigenvalue weighted by atomic mass is 15.2. The third-order valence-electron chi connectivity index (χ3n) is 8.43. The van der Waals surface area contributed by atoms with Gasteiger partial charge in [0.1, 0.15) is 0 Å². The van der Waals surface area contributed by atoms with Gasteiger partial charge in [0, 0.05) is 45.3 Å². The number of anilines is 6. The Bertz CT molecular complexity index is 2220. The lowest BCUT2D eigenvalue weighted by molar-refractivity contribution is 1.25. The summed E-state index contributed by atoms with van der Waals surface area (Å²) in [6.45, 7) is 0. The Morgan fingerprint density at radius 2 is 0.521 bits per heavy atom. The lowest BCUT2D eigenvalue weighted by atomic mass is 10.0. The minimum absolute atomic E-state index is 0.865. The first kappa shape index (κ1) is 28.9. The van der Waals surface area contributed by atoms with Gasteiger partial charge in [0.15, 0.2) is 0 Å². The van der Waals surface area contributed by atoms with Crippen molar-refractivity contribution in [3.63, 3.8) is 0 Å². The fourth-order valence-corrected chi connectivity index (χ4v) is 6.14. The zero-order valence-electron chi connectivity index (χ0n) is 26.3. The minimum atomic E-state index is 0.865. The molecule has 0 N–H and O–H groups in total. The van der Waals surface area contributed by atoms with Crippen LogP contribution in [0.4, 0.5) is 34.1 Å². The lowest BCUT2D eigenvalue weighted by Gasteiger charge is -2.28.